The molecule has 1 rings (SSSR count). The lowest BCUT2D eigenvalue weighted by Crippen LogP contribution is -2.38. The summed E-state index contributed by atoms with van der Waals surface area (Å²) in [5, 5.41) is 9.07. The number of nitrogens with zero attached hydrogens (tertiary/aromatic N) is 1. The van der Waals surface area contributed by atoms with Gasteiger partial charge >= 0.3 is 0 Å². The molecule has 0 heterocycles. The molecule has 0 unspecified atom stereocenters. The van der Waals surface area contributed by atoms with Gasteiger partial charge in [0.15, 0.2) is 0 Å². The van der Waals surface area contributed by atoms with E-state index in [-0.39, 0.29) is 6.61 Å². The van der Waals surface area contributed by atoms with Crippen LogP contribution >= 0.6 is 0 Å². The lowest BCUT2D eigenvalue weighted by molar-refractivity contribution is 0.136. The lowest BCUT2D eigenvalue weighted by Gasteiger charge is -2.33. The minimum Gasteiger partial charge on any atom is -0.395 e. The topological polar surface area (TPSA) is 23.5 Å². The largest absolute Gasteiger partial charge is 0.395 e. The van der Waals surface area contributed by atoms with Crippen LogP contribution in [0.4, 0.5) is 0 Å². The number of rotatable bonds is 5. The molecule has 1 fully saturated rings. The Kier molecular flexibility index (Phi) is 5.96. The second-order valence-electron chi connectivity index (χ2n) is 4.79. The Labute approximate surface area is 94.0 Å². The van der Waals surface area contributed by atoms with E-state index in [2.05, 4.69) is 24.8 Å². The molecule has 1 saturated carbocycles. The molecule has 0 aromatic heterocycles. The first-order valence-electron chi connectivity index (χ1n) is 6.22. The van der Waals surface area contributed by atoms with E-state index in [4.69, 9.17) is 5.11 Å². The summed E-state index contributed by atoms with van der Waals surface area (Å²) in [6.07, 6.45) is 9.02. The Morgan fingerprint density at radius 1 is 1.27 bits per heavy atom. The third-order valence-electron chi connectivity index (χ3n) is 3.21. The Bertz CT molecular complexity index is 191. The predicted octanol–water partition coefficient (Wildman–Crippen LogP) is 2.58. The standard InChI is InChI=1S/C13H25NO/c1-12(2)8-9-14(10-11-15)13-6-4-3-5-7-13/h8,13,15H,3-7,9-11H2,1-2H3. The van der Waals surface area contributed by atoms with Gasteiger partial charge in [0, 0.05) is 19.1 Å². The van der Waals surface area contributed by atoms with E-state index in [1.807, 2.05) is 0 Å². The first kappa shape index (κ1) is 12.7. The molecule has 15 heavy (non-hydrogen) atoms. The molecule has 0 amide bonds. The van der Waals surface area contributed by atoms with Gasteiger partial charge in [-0.2, -0.15) is 0 Å². The van der Waals surface area contributed by atoms with Crippen molar-refractivity contribution < 1.29 is 5.11 Å². The number of allylic oxidation sites excluding steroid dienone is 1. The minimum atomic E-state index is 0.285. The normalized spacial score (nSPS) is 18.1. The maximum atomic E-state index is 9.07. The van der Waals surface area contributed by atoms with E-state index in [1.165, 1.54) is 37.7 Å². The van der Waals surface area contributed by atoms with Crippen molar-refractivity contribution in [3.8, 4) is 0 Å². The molecule has 1 N–H and O–H groups in total. The number of aliphatic hydroxyl groups excluding tert-OH is 1. The average molecular weight is 211 g/mol. The molecule has 2 heteroatoms. The van der Waals surface area contributed by atoms with Crippen molar-refractivity contribution in [2.75, 3.05) is 19.7 Å². The fourth-order valence-corrected chi connectivity index (χ4v) is 2.30. The van der Waals surface area contributed by atoms with Crippen molar-refractivity contribution >= 4 is 0 Å². The van der Waals surface area contributed by atoms with E-state index >= 15 is 0 Å². The van der Waals surface area contributed by atoms with Gasteiger partial charge in [-0.05, 0) is 26.7 Å². The zero-order valence-electron chi connectivity index (χ0n) is 10.2. The third-order valence-corrected chi connectivity index (χ3v) is 3.21. The smallest absolute Gasteiger partial charge is 0.0558 e. The van der Waals surface area contributed by atoms with Gasteiger partial charge in [0.1, 0.15) is 0 Å². The molecule has 0 atom stereocenters. The predicted molar refractivity (Wildman–Crippen MR) is 65.0 cm³/mol. The summed E-state index contributed by atoms with van der Waals surface area (Å²) in [6.45, 7) is 6.39. The molecule has 2 nitrogen and oxygen atoms in total. The molecule has 88 valence electrons. The van der Waals surface area contributed by atoms with Crippen LogP contribution in [0.1, 0.15) is 46.0 Å². The fraction of sp³-hybridized carbons (Fsp3) is 0.846. The summed E-state index contributed by atoms with van der Waals surface area (Å²) in [5.41, 5.74) is 1.37. The van der Waals surface area contributed by atoms with Gasteiger partial charge in [-0.1, -0.05) is 30.9 Å². The van der Waals surface area contributed by atoms with Crippen molar-refractivity contribution in [1.29, 1.82) is 0 Å². The fourth-order valence-electron chi connectivity index (χ4n) is 2.30. The molecular weight excluding hydrogens is 186 g/mol. The first-order chi connectivity index (χ1) is 7.24. The molecule has 0 aromatic carbocycles. The molecule has 0 radical (unpaired) electrons. The summed E-state index contributed by atoms with van der Waals surface area (Å²) < 4.78 is 0. The molecule has 1 aliphatic rings. The number of aliphatic hydroxyl groups is 1. The minimum absolute atomic E-state index is 0.285. The third kappa shape index (κ3) is 4.80. The van der Waals surface area contributed by atoms with Crippen molar-refractivity contribution in [3.63, 3.8) is 0 Å². The maximum absolute atomic E-state index is 9.07. The molecule has 1 aliphatic carbocycles. The highest BCUT2D eigenvalue weighted by atomic mass is 16.3. The van der Waals surface area contributed by atoms with Gasteiger partial charge in [-0.3, -0.25) is 4.90 Å². The van der Waals surface area contributed by atoms with Crippen LogP contribution in [0.3, 0.4) is 0 Å². The van der Waals surface area contributed by atoms with E-state index in [0.29, 0.717) is 6.04 Å². The lowest BCUT2D eigenvalue weighted by atomic mass is 9.94. The quantitative estimate of drug-likeness (QED) is 0.707. The van der Waals surface area contributed by atoms with Crippen LogP contribution in [-0.4, -0.2) is 35.7 Å². The van der Waals surface area contributed by atoms with Gasteiger partial charge in [-0.15, -0.1) is 0 Å². The van der Waals surface area contributed by atoms with E-state index in [1.54, 1.807) is 0 Å². The summed E-state index contributed by atoms with van der Waals surface area (Å²) in [5.74, 6) is 0. The molecule has 0 aromatic rings. The highest BCUT2D eigenvalue weighted by molar-refractivity contribution is 4.96. The van der Waals surface area contributed by atoms with E-state index < -0.39 is 0 Å². The van der Waals surface area contributed by atoms with Crippen LogP contribution < -0.4 is 0 Å². The zero-order valence-corrected chi connectivity index (χ0v) is 10.2. The van der Waals surface area contributed by atoms with Crippen LogP contribution in [-0.2, 0) is 0 Å². The summed E-state index contributed by atoms with van der Waals surface area (Å²) in [6, 6.07) is 0.710. The van der Waals surface area contributed by atoms with Crippen LogP contribution in [0.2, 0.25) is 0 Å². The van der Waals surface area contributed by atoms with Gasteiger partial charge in [0.25, 0.3) is 0 Å². The molecule has 0 spiro atoms. The van der Waals surface area contributed by atoms with Gasteiger partial charge < -0.3 is 5.11 Å². The Morgan fingerprint density at radius 3 is 2.47 bits per heavy atom. The van der Waals surface area contributed by atoms with Crippen LogP contribution in [0, 0.1) is 0 Å². The highest BCUT2D eigenvalue weighted by Crippen LogP contribution is 2.22. The second kappa shape index (κ2) is 7.02. The van der Waals surface area contributed by atoms with Crippen LogP contribution in [0.15, 0.2) is 11.6 Å². The average Bonchev–Trinajstić information content (AvgIpc) is 2.25. The Morgan fingerprint density at radius 2 is 1.93 bits per heavy atom. The molecule has 0 saturated heterocycles. The van der Waals surface area contributed by atoms with Crippen molar-refractivity contribution in [2.45, 2.75) is 52.0 Å². The Hall–Kier alpha value is -0.340. The SMILES string of the molecule is CC(C)=CCN(CCO)C1CCCCC1. The maximum Gasteiger partial charge on any atom is 0.0558 e. The van der Waals surface area contributed by atoms with Crippen LogP contribution in [0.25, 0.3) is 0 Å². The first-order valence-corrected chi connectivity index (χ1v) is 6.22. The molecule has 0 aliphatic heterocycles. The monoisotopic (exact) mass is 211 g/mol. The number of hydrogen-bond donors (Lipinski definition) is 1. The zero-order chi connectivity index (χ0) is 11.1. The number of hydrogen-bond acceptors (Lipinski definition) is 2. The van der Waals surface area contributed by atoms with E-state index in [9.17, 15) is 0 Å². The van der Waals surface area contributed by atoms with Gasteiger partial charge in [0.05, 0.1) is 6.61 Å². The van der Waals surface area contributed by atoms with Gasteiger partial charge in [0.2, 0.25) is 0 Å². The van der Waals surface area contributed by atoms with Crippen LogP contribution in [0.5, 0.6) is 0 Å². The van der Waals surface area contributed by atoms with Crippen molar-refractivity contribution in [2.24, 2.45) is 0 Å². The van der Waals surface area contributed by atoms with Gasteiger partial charge in [-0.25, -0.2) is 0 Å². The van der Waals surface area contributed by atoms with E-state index in [0.717, 1.165) is 13.1 Å². The molecular formula is C13H25NO. The summed E-state index contributed by atoms with van der Waals surface area (Å²) in [7, 11) is 0. The van der Waals surface area contributed by atoms with Crippen molar-refractivity contribution in [3.05, 3.63) is 11.6 Å². The summed E-state index contributed by atoms with van der Waals surface area (Å²) >= 11 is 0. The highest BCUT2D eigenvalue weighted by Gasteiger charge is 2.19. The Balaban J connectivity index is 2.43. The summed E-state index contributed by atoms with van der Waals surface area (Å²) in [4.78, 5) is 2.44. The second-order valence-corrected chi connectivity index (χ2v) is 4.79. The van der Waals surface area contributed by atoms with Crippen molar-refractivity contribution in [1.82, 2.24) is 4.90 Å². The molecule has 0 bridgehead atoms.